The molecule has 1 aliphatic carbocycles. The van der Waals surface area contributed by atoms with Crippen molar-refractivity contribution in [1.29, 1.82) is 0 Å². The SMILES string of the molecule is CC(=O)N1CCN(C(=O)COc2ccc3c(c2)C(C)(C)c2[nH]c4cc(Br)ccc4c2C3O)CC1. The first-order valence-corrected chi connectivity index (χ1v) is 12.3. The summed E-state index contributed by atoms with van der Waals surface area (Å²) in [5, 5.41) is 12.3. The number of hydrogen-bond acceptors (Lipinski definition) is 4. The minimum Gasteiger partial charge on any atom is -0.484 e. The summed E-state index contributed by atoms with van der Waals surface area (Å²) in [6.45, 7) is 7.88. The highest BCUT2D eigenvalue weighted by molar-refractivity contribution is 9.10. The molecule has 1 atom stereocenters. The Hall–Kier alpha value is -2.84. The molecule has 2 aliphatic rings. The number of benzene rings is 2. The third-order valence-electron chi connectivity index (χ3n) is 7.13. The van der Waals surface area contributed by atoms with E-state index in [-0.39, 0.29) is 23.8 Å². The highest BCUT2D eigenvalue weighted by atomic mass is 79.9. The number of amides is 2. The lowest BCUT2D eigenvalue weighted by molar-refractivity contribution is -0.139. The molecular formula is C26H28BrN3O4. The van der Waals surface area contributed by atoms with E-state index in [0.29, 0.717) is 31.9 Å². The Morgan fingerprint density at radius 2 is 1.82 bits per heavy atom. The zero-order valence-electron chi connectivity index (χ0n) is 19.5. The smallest absolute Gasteiger partial charge is 0.260 e. The van der Waals surface area contributed by atoms with Crippen molar-refractivity contribution in [2.75, 3.05) is 32.8 Å². The molecule has 1 fully saturated rings. The van der Waals surface area contributed by atoms with Crippen molar-refractivity contribution in [3.8, 4) is 5.75 Å². The summed E-state index contributed by atoms with van der Waals surface area (Å²) in [5.41, 5.74) is 4.30. The van der Waals surface area contributed by atoms with Crippen LogP contribution in [0.4, 0.5) is 0 Å². The standard InChI is InChI=1S/C26H28BrN3O4/c1-15(31)29-8-10-30(11-9-29)22(32)14-34-17-5-7-18-20(13-17)26(2,3)25-23(24(18)33)19-6-4-16(27)12-21(19)28-25/h4-7,12-13,24,28,33H,8-11,14H2,1-3H3. The molecule has 2 heterocycles. The number of fused-ring (bicyclic) bond motifs is 4. The van der Waals surface area contributed by atoms with Crippen molar-refractivity contribution >= 4 is 38.6 Å². The van der Waals surface area contributed by atoms with Crippen molar-refractivity contribution in [3.63, 3.8) is 0 Å². The number of halogens is 1. The molecule has 1 saturated heterocycles. The number of aliphatic hydroxyl groups excluding tert-OH is 1. The van der Waals surface area contributed by atoms with Gasteiger partial charge in [-0.1, -0.05) is 41.9 Å². The molecule has 5 rings (SSSR count). The largest absolute Gasteiger partial charge is 0.484 e. The lowest BCUT2D eigenvalue weighted by Gasteiger charge is -2.36. The zero-order chi connectivity index (χ0) is 24.2. The minimum absolute atomic E-state index is 0.0352. The number of carbonyl (C=O) groups is 2. The predicted octanol–water partition coefficient (Wildman–Crippen LogP) is 3.72. The minimum atomic E-state index is -0.749. The highest BCUT2D eigenvalue weighted by Crippen LogP contribution is 2.49. The van der Waals surface area contributed by atoms with Crippen LogP contribution in [0.25, 0.3) is 10.9 Å². The van der Waals surface area contributed by atoms with Crippen LogP contribution in [0.5, 0.6) is 5.75 Å². The van der Waals surface area contributed by atoms with Gasteiger partial charge in [-0.2, -0.15) is 0 Å². The van der Waals surface area contributed by atoms with Gasteiger partial charge in [0.2, 0.25) is 5.91 Å². The van der Waals surface area contributed by atoms with Gasteiger partial charge in [0, 0.05) is 65.2 Å². The van der Waals surface area contributed by atoms with Gasteiger partial charge in [0.15, 0.2) is 6.61 Å². The third-order valence-corrected chi connectivity index (χ3v) is 7.63. The molecule has 1 aliphatic heterocycles. The lowest BCUT2D eigenvalue weighted by atomic mass is 9.70. The van der Waals surface area contributed by atoms with E-state index in [4.69, 9.17) is 4.74 Å². The number of hydrogen-bond donors (Lipinski definition) is 2. The fourth-order valence-electron chi connectivity index (χ4n) is 5.17. The molecule has 0 saturated carbocycles. The molecule has 7 nitrogen and oxygen atoms in total. The molecule has 0 spiro atoms. The summed E-state index contributed by atoms with van der Waals surface area (Å²) in [6, 6.07) is 11.7. The van der Waals surface area contributed by atoms with Crippen LogP contribution >= 0.6 is 15.9 Å². The number of rotatable bonds is 3. The van der Waals surface area contributed by atoms with E-state index < -0.39 is 6.10 Å². The molecule has 2 aromatic carbocycles. The first-order valence-electron chi connectivity index (χ1n) is 11.5. The summed E-state index contributed by atoms with van der Waals surface area (Å²) in [7, 11) is 0. The van der Waals surface area contributed by atoms with E-state index in [9.17, 15) is 14.7 Å². The fourth-order valence-corrected chi connectivity index (χ4v) is 5.53. The van der Waals surface area contributed by atoms with Crippen LogP contribution in [-0.4, -0.2) is 64.5 Å². The van der Waals surface area contributed by atoms with E-state index in [1.54, 1.807) is 16.7 Å². The Balaban J connectivity index is 1.36. The monoisotopic (exact) mass is 525 g/mol. The van der Waals surface area contributed by atoms with E-state index in [1.165, 1.54) is 0 Å². The van der Waals surface area contributed by atoms with Gasteiger partial charge < -0.3 is 24.6 Å². The summed E-state index contributed by atoms with van der Waals surface area (Å²) in [4.78, 5) is 31.2. The first kappa shape index (κ1) is 22.9. The predicted molar refractivity (Wildman–Crippen MR) is 133 cm³/mol. The molecule has 0 bridgehead atoms. The van der Waals surface area contributed by atoms with Gasteiger partial charge in [-0.3, -0.25) is 9.59 Å². The number of H-pyrrole nitrogens is 1. The number of carbonyl (C=O) groups excluding carboxylic acids is 2. The maximum atomic E-state index is 12.7. The average molecular weight is 526 g/mol. The molecule has 1 aromatic heterocycles. The van der Waals surface area contributed by atoms with Crippen molar-refractivity contribution in [2.45, 2.75) is 32.3 Å². The number of ether oxygens (including phenoxy) is 1. The van der Waals surface area contributed by atoms with Gasteiger partial charge in [0.25, 0.3) is 5.91 Å². The second kappa shape index (κ2) is 8.43. The molecule has 3 aromatic rings. The number of nitrogens with one attached hydrogen (secondary N) is 1. The summed E-state index contributed by atoms with van der Waals surface area (Å²) in [5.74, 6) is 0.536. The van der Waals surface area contributed by atoms with Crippen molar-refractivity contribution in [3.05, 3.63) is 63.3 Å². The van der Waals surface area contributed by atoms with Gasteiger partial charge >= 0.3 is 0 Å². The van der Waals surface area contributed by atoms with E-state index in [2.05, 4.69) is 34.8 Å². The topological polar surface area (TPSA) is 85.9 Å². The average Bonchev–Trinajstić information content (AvgIpc) is 3.21. The van der Waals surface area contributed by atoms with Crippen LogP contribution in [0.1, 0.15) is 49.3 Å². The van der Waals surface area contributed by atoms with Gasteiger partial charge in [-0.05, 0) is 35.4 Å². The number of nitrogens with zero attached hydrogens (tertiary/aromatic N) is 2. The van der Waals surface area contributed by atoms with E-state index in [1.807, 2.05) is 36.4 Å². The lowest BCUT2D eigenvalue weighted by Crippen LogP contribution is -2.51. The van der Waals surface area contributed by atoms with Crippen LogP contribution in [0.3, 0.4) is 0 Å². The van der Waals surface area contributed by atoms with Crippen LogP contribution in [-0.2, 0) is 15.0 Å². The Morgan fingerprint density at radius 1 is 1.12 bits per heavy atom. The van der Waals surface area contributed by atoms with Crippen LogP contribution in [0, 0.1) is 0 Å². The quantitative estimate of drug-likeness (QED) is 0.545. The molecule has 34 heavy (non-hydrogen) atoms. The van der Waals surface area contributed by atoms with Gasteiger partial charge in [0.05, 0.1) is 0 Å². The van der Waals surface area contributed by atoms with Crippen LogP contribution in [0.2, 0.25) is 0 Å². The molecule has 2 amide bonds. The Labute approximate surface area is 206 Å². The molecular weight excluding hydrogens is 498 g/mol. The highest BCUT2D eigenvalue weighted by Gasteiger charge is 2.40. The third kappa shape index (κ3) is 3.79. The second-order valence-electron chi connectivity index (χ2n) is 9.56. The Bertz CT molecular complexity index is 1290. The van der Waals surface area contributed by atoms with Gasteiger partial charge in [-0.15, -0.1) is 0 Å². The molecule has 1 unspecified atom stereocenters. The number of aliphatic hydroxyl groups is 1. The maximum Gasteiger partial charge on any atom is 0.260 e. The summed E-state index contributed by atoms with van der Waals surface area (Å²) in [6.07, 6.45) is -0.749. The molecule has 8 heteroatoms. The van der Waals surface area contributed by atoms with Crippen LogP contribution in [0.15, 0.2) is 40.9 Å². The number of aromatic amines is 1. The second-order valence-corrected chi connectivity index (χ2v) is 10.5. The van der Waals surface area contributed by atoms with Crippen molar-refractivity contribution < 1.29 is 19.4 Å². The molecule has 2 N–H and O–H groups in total. The number of piperazine rings is 1. The zero-order valence-corrected chi connectivity index (χ0v) is 21.1. The summed E-state index contributed by atoms with van der Waals surface area (Å²) >= 11 is 3.53. The van der Waals surface area contributed by atoms with E-state index in [0.717, 1.165) is 37.8 Å². The summed E-state index contributed by atoms with van der Waals surface area (Å²) < 4.78 is 6.86. The van der Waals surface area contributed by atoms with Crippen LogP contribution < -0.4 is 4.74 Å². The molecule has 0 radical (unpaired) electrons. The van der Waals surface area contributed by atoms with Gasteiger partial charge in [0.1, 0.15) is 11.9 Å². The van der Waals surface area contributed by atoms with Gasteiger partial charge in [-0.25, -0.2) is 0 Å². The molecule has 178 valence electrons. The first-order chi connectivity index (χ1) is 16.2. The Morgan fingerprint density at radius 3 is 2.53 bits per heavy atom. The van der Waals surface area contributed by atoms with Crippen molar-refractivity contribution in [2.24, 2.45) is 0 Å². The maximum absolute atomic E-state index is 12.7. The van der Waals surface area contributed by atoms with E-state index >= 15 is 0 Å². The fraction of sp³-hybridized carbons (Fsp3) is 0.385. The number of aromatic nitrogens is 1. The van der Waals surface area contributed by atoms with Crippen molar-refractivity contribution in [1.82, 2.24) is 14.8 Å². The normalized spacial score (nSPS) is 19.0. The Kier molecular flexibility index (Phi) is 5.68.